The first-order valence-electron chi connectivity index (χ1n) is 3.46. The third-order valence-electron chi connectivity index (χ3n) is 1.53. The highest BCUT2D eigenvalue weighted by molar-refractivity contribution is 8.07. The molecule has 0 aromatic heterocycles. The Balaban J connectivity index is 3.07. The molecule has 0 heterocycles. The zero-order chi connectivity index (χ0) is 6.41. The molecule has 0 aromatic rings. The molecule has 2 heteroatoms. The largest absolute Gasteiger partial charge is 0.231 e. The van der Waals surface area contributed by atoms with Crippen molar-refractivity contribution in [2.24, 2.45) is 0 Å². The van der Waals surface area contributed by atoms with Crippen LogP contribution in [0.3, 0.4) is 0 Å². The van der Waals surface area contributed by atoms with Gasteiger partial charge in [0.15, 0.2) is 6.56 Å². The van der Waals surface area contributed by atoms with E-state index in [1.807, 2.05) is 0 Å². The van der Waals surface area contributed by atoms with E-state index in [4.69, 9.17) is 0 Å². The molecule has 0 spiro atoms. The van der Waals surface area contributed by atoms with Crippen molar-refractivity contribution >= 4 is 19.0 Å². The zero-order valence-electron chi connectivity index (χ0n) is 5.85. The van der Waals surface area contributed by atoms with Gasteiger partial charge in [-0.25, -0.2) is 12.5 Å². The van der Waals surface area contributed by atoms with Crippen molar-refractivity contribution in [1.29, 1.82) is 0 Å². The van der Waals surface area contributed by atoms with E-state index in [2.05, 4.69) is 26.3 Å². The number of hydrogen-bond donors (Lipinski definition) is 1. The van der Waals surface area contributed by atoms with Gasteiger partial charge in [0, 0.05) is 0 Å². The Morgan fingerprint density at radius 2 is 2.12 bits per heavy atom. The molecule has 0 amide bonds. The summed E-state index contributed by atoms with van der Waals surface area (Å²) >= 11 is 4.23. The maximum atomic E-state index is 4.23. The molecule has 0 nitrogen and oxygen atoms in total. The van der Waals surface area contributed by atoms with Crippen molar-refractivity contribution in [1.82, 2.24) is 0 Å². The average Bonchev–Trinajstić information content (AvgIpc) is 1.83. The van der Waals surface area contributed by atoms with Gasteiger partial charge < -0.3 is 0 Å². The van der Waals surface area contributed by atoms with Crippen LogP contribution in [0.15, 0.2) is 0 Å². The molecular weight excluding hydrogens is 115 g/mol. The standard InChI is InChI=1S/C6H15BS/c1-3-5-6(4-2)7-8/h6-8H,3-5H2,1-2H3. The lowest BCUT2D eigenvalue weighted by atomic mass is 9.80. The second kappa shape index (κ2) is 5.55. The topological polar surface area (TPSA) is 0 Å². The molecule has 0 aromatic carbocycles. The molecule has 0 fully saturated rings. The second-order valence-corrected chi connectivity index (χ2v) is 2.61. The summed E-state index contributed by atoms with van der Waals surface area (Å²) in [7, 11) is 0. The van der Waals surface area contributed by atoms with Gasteiger partial charge in [0.2, 0.25) is 0 Å². The minimum Gasteiger partial charge on any atom is -0.231 e. The summed E-state index contributed by atoms with van der Waals surface area (Å²) in [6, 6.07) is 0. The lowest BCUT2D eigenvalue weighted by molar-refractivity contribution is 0.698. The van der Waals surface area contributed by atoms with Crippen LogP contribution in [0.25, 0.3) is 0 Å². The van der Waals surface area contributed by atoms with E-state index in [0.29, 0.717) is 0 Å². The van der Waals surface area contributed by atoms with Gasteiger partial charge >= 0.3 is 0 Å². The number of thiol groups is 1. The van der Waals surface area contributed by atoms with E-state index < -0.39 is 0 Å². The molecular formula is C6H15BS. The van der Waals surface area contributed by atoms with Gasteiger partial charge in [-0.2, -0.15) is 0 Å². The number of rotatable bonds is 4. The summed E-state index contributed by atoms with van der Waals surface area (Å²) in [5.41, 5.74) is 0. The predicted octanol–water partition coefficient (Wildman–Crippen LogP) is 2.27. The molecule has 0 N–H and O–H groups in total. The van der Waals surface area contributed by atoms with Gasteiger partial charge in [0.05, 0.1) is 0 Å². The molecule has 1 atom stereocenters. The van der Waals surface area contributed by atoms with Gasteiger partial charge in [-0.1, -0.05) is 38.9 Å². The van der Waals surface area contributed by atoms with Crippen LogP contribution in [0.5, 0.6) is 0 Å². The van der Waals surface area contributed by atoms with Gasteiger partial charge in [0.25, 0.3) is 0 Å². The van der Waals surface area contributed by atoms with Crippen molar-refractivity contribution in [3.63, 3.8) is 0 Å². The van der Waals surface area contributed by atoms with Crippen molar-refractivity contribution in [2.75, 3.05) is 0 Å². The normalized spacial score (nSPS) is 13.4. The summed E-state index contributed by atoms with van der Waals surface area (Å²) in [6.07, 6.45) is 3.94. The Morgan fingerprint density at radius 3 is 2.25 bits per heavy atom. The lowest BCUT2D eigenvalue weighted by Crippen LogP contribution is -1.94. The SMILES string of the molecule is CCCC(BS)CC. The second-order valence-electron chi connectivity index (χ2n) is 2.25. The summed E-state index contributed by atoms with van der Waals surface area (Å²) in [4.78, 5) is 0. The molecule has 0 saturated carbocycles. The fraction of sp³-hybridized carbons (Fsp3) is 1.00. The first-order chi connectivity index (χ1) is 3.85. The van der Waals surface area contributed by atoms with Gasteiger partial charge in [0.1, 0.15) is 0 Å². The summed E-state index contributed by atoms with van der Waals surface area (Å²) < 4.78 is 0. The van der Waals surface area contributed by atoms with E-state index in [0.717, 1.165) is 12.4 Å². The van der Waals surface area contributed by atoms with Crippen molar-refractivity contribution < 1.29 is 0 Å². The fourth-order valence-corrected chi connectivity index (χ4v) is 1.27. The molecule has 0 saturated heterocycles. The van der Waals surface area contributed by atoms with Crippen LogP contribution >= 0.6 is 12.5 Å². The Morgan fingerprint density at radius 1 is 1.50 bits per heavy atom. The van der Waals surface area contributed by atoms with Gasteiger partial charge in [-0.15, -0.1) is 0 Å². The summed E-state index contributed by atoms with van der Waals surface area (Å²) in [5.74, 6) is 0.864. The van der Waals surface area contributed by atoms with E-state index >= 15 is 0 Å². The molecule has 0 bridgehead atoms. The van der Waals surface area contributed by atoms with Crippen LogP contribution in [0.4, 0.5) is 0 Å². The molecule has 1 unspecified atom stereocenters. The molecule has 0 aliphatic carbocycles. The van der Waals surface area contributed by atoms with Crippen LogP contribution in [0.1, 0.15) is 33.1 Å². The third kappa shape index (κ3) is 3.42. The van der Waals surface area contributed by atoms with Gasteiger partial charge in [-0.05, 0) is 0 Å². The Hall–Kier alpha value is 0.415. The molecule has 0 radical (unpaired) electrons. The smallest absolute Gasteiger partial charge is 0.190 e. The lowest BCUT2D eigenvalue weighted by Gasteiger charge is -2.06. The Kier molecular flexibility index (Phi) is 5.84. The highest BCUT2D eigenvalue weighted by Crippen LogP contribution is 2.16. The summed E-state index contributed by atoms with van der Waals surface area (Å²) in [5, 5.41) is 0. The van der Waals surface area contributed by atoms with E-state index in [1.54, 1.807) is 0 Å². The molecule has 48 valence electrons. The highest BCUT2D eigenvalue weighted by atomic mass is 32.1. The minimum atomic E-state index is 0.864. The van der Waals surface area contributed by atoms with Crippen molar-refractivity contribution in [3.05, 3.63) is 0 Å². The highest BCUT2D eigenvalue weighted by Gasteiger charge is 2.01. The average molecular weight is 130 g/mol. The minimum absolute atomic E-state index is 0.864. The zero-order valence-corrected chi connectivity index (χ0v) is 6.75. The molecule has 0 rings (SSSR count). The third-order valence-corrected chi connectivity index (χ3v) is 2.05. The van der Waals surface area contributed by atoms with Crippen LogP contribution in [-0.4, -0.2) is 6.56 Å². The van der Waals surface area contributed by atoms with Crippen molar-refractivity contribution in [2.45, 2.75) is 38.9 Å². The first-order valence-corrected chi connectivity index (χ1v) is 4.09. The predicted molar refractivity (Wildman–Crippen MR) is 45.1 cm³/mol. The summed E-state index contributed by atoms with van der Waals surface area (Å²) in [6.45, 7) is 5.52. The maximum absolute atomic E-state index is 4.23. The quantitative estimate of drug-likeness (QED) is 0.438. The van der Waals surface area contributed by atoms with Crippen LogP contribution in [0, 0.1) is 0 Å². The van der Waals surface area contributed by atoms with E-state index in [1.165, 1.54) is 19.3 Å². The van der Waals surface area contributed by atoms with E-state index in [-0.39, 0.29) is 0 Å². The monoisotopic (exact) mass is 130 g/mol. The molecule has 8 heavy (non-hydrogen) atoms. The van der Waals surface area contributed by atoms with E-state index in [9.17, 15) is 0 Å². The van der Waals surface area contributed by atoms with Gasteiger partial charge in [-0.3, -0.25) is 0 Å². The number of hydrogen-bond acceptors (Lipinski definition) is 1. The fourth-order valence-electron chi connectivity index (χ4n) is 0.833. The Labute approximate surface area is 58.6 Å². The van der Waals surface area contributed by atoms with Crippen molar-refractivity contribution in [3.8, 4) is 0 Å². The Bertz CT molecular complexity index is 43.8. The van der Waals surface area contributed by atoms with Crippen LogP contribution in [-0.2, 0) is 0 Å². The molecule has 0 aliphatic heterocycles. The molecule has 0 aliphatic rings. The first kappa shape index (κ1) is 8.41. The maximum Gasteiger partial charge on any atom is 0.190 e. The van der Waals surface area contributed by atoms with Crippen LogP contribution in [0.2, 0.25) is 5.82 Å². The van der Waals surface area contributed by atoms with Crippen LogP contribution < -0.4 is 0 Å².